The van der Waals surface area contributed by atoms with E-state index in [0.717, 1.165) is 36.9 Å². The maximum absolute atomic E-state index is 13.1. The molecule has 1 saturated carbocycles. The Morgan fingerprint density at radius 3 is 2.52 bits per heavy atom. The lowest BCUT2D eigenvalue weighted by atomic mass is 9.64. The molecule has 0 bridgehead atoms. The van der Waals surface area contributed by atoms with E-state index in [0.29, 0.717) is 32.5 Å². The Labute approximate surface area is 169 Å². The molecule has 8 heteroatoms. The molecule has 1 heterocycles. The zero-order chi connectivity index (χ0) is 21.1. The fourth-order valence-electron chi connectivity index (χ4n) is 4.27. The van der Waals surface area contributed by atoms with Gasteiger partial charge in [-0.25, -0.2) is 0 Å². The maximum Gasteiger partial charge on any atom is 0.416 e. The molecule has 2 aliphatic rings. The van der Waals surface area contributed by atoms with Crippen molar-refractivity contribution < 1.29 is 22.7 Å². The second-order valence-corrected chi connectivity index (χ2v) is 7.90. The van der Waals surface area contributed by atoms with Gasteiger partial charge in [0, 0.05) is 32.1 Å². The van der Waals surface area contributed by atoms with E-state index in [9.17, 15) is 18.0 Å². The predicted molar refractivity (Wildman–Crippen MR) is 105 cm³/mol. The minimum Gasteiger partial charge on any atom is -0.469 e. The topological polar surface area (TPSA) is 53.9 Å². The van der Waals surface area contributed by atoms with Crippen LogP contribution >= 0.6 is 0 Å². The van der Waals surface area contributed by atoms with Gasteiger partial charge in [-0.2, -0.15) is 13.2 Å². The molecule has 29 heavy (non-hydrogen) atoms. The van der Waals surface area contributed by atoms with Crippen molar-refractivity contribution in [2.75, 3.05) is 33.8 Å². The lowest BCUT2D eigenvalue weighted by molar-refractivity contribution is -0.146. The van der Waals surface area contributed by atoms with Gasteiger partial charge in [-0.3, -0.25) is 9.79 Å². The van der Waals surface area contributed by atoms with Crippen molar-refractivity contribution >= 4 is 11.9 Å². The standard InChI is InChI=1S/C21H28F3N3O2/c1-25-19(27-11-7-15(8-12-27)18(28)29-2)26-14-20(9-4-10-20)16-5-3-6-17(13-16)21(22,23)24/h3,5-6,13,15H,4,7-12,14H2,1-2H3,(H,25,26). The molecule has 1 saturated heterocycles. The van der Waals surface area contributed by atoms with Gasteiger partial charge < -0.3 is 15.0 Å². The van der Waals surface area contributed by atoms with Gasteiger partial charge in [0.15, 0.2) is 5.96 Å². The molecule has 5 nitrogen and oxygen atoms in total. The summed E-state index contributed by atoms with van der Waals surface area (Å²) in [6, 6.07) is 5.68. The molecule has 3 rings (SSSR count). The Bertz CT molecular complexity index is 752. The number of nitrogens with one attached hydrogen (secondary N) is 1. The number of hydrogen-bond acceptors (Lipinski definition) is 3. The van der Waals surface area contributed by atoms with Crippen LogP contribution in [0.25, 0.3) is 0 Å². The first-order valence-corrected chi connectivity index (χ1v) is 10.0. The van der Waals surface area contributed by atoms with Gasteiger partial charge in [-0.05, 0) is 37.3 Å². The number of benzene rings is 1. The Balaban J connectivity index is 1.65. The van der Waals surface area contributed by atoms with Crippen molar-refractivity contribution in [2.45, 2.75) is 43.7 Å². The number of esters is 1. The molecule has 1 aliphatic carbocycles. The molecular formula is C21H28F3N3O2. The fraction of sp³-hybridized carbons (Fsp3) is 0.619. The zero-order valence-corrected chi connectivity index (χ0v) is 16.9. The summed E-state index contributed by atoms with van der Waals surface area (Å²) in [4.78, 5) is 18.1. The van der Waals surface area contributed by atoms with Gasteiger partial charge in [0.2, 0.25) is 0 Å². The van der Waals surface area contributed by atoms with Crippen LogP contribution in [-0.2, 0) is 21.1 Å². The van der Waals surface area contributed by atoms with E-state index in [1.54, 1.807) is 13.1 Å². The van der Waals surface area contributed by atoms with Crippen LogP contribution in [0, 0.1) is 5.92 Å². The van der Waals surface area contributed by atoms with Crippen LogP contribution in [0.3, 0.4) is 0 Å². The molecule has 160 valence electrons. The molecule has 0 amide bonds. The molecule has 1 aromatic carbocycles. The summed E-state index contributed by atoms with van der Waals surface area (Å²) in [6.45, 7) is 1.92. The summed E-state index contributed by atoms with van der Waals surface area (Å²) in [7, 11) is 3.10. The normalized spacial score (nSPS) is 20.2. The third-order valence-corrected chi connectivity index (χ3v) is 6.24. The number of methoxy groups -OCH3 is 1. The van der Waals surface area contributed by atoms with E-state index in [1.807, 2.05) is 0 Å². The average Bonchev–Trinajstić information content (AvgIpc) is 2.69. The van der Waals surface area contributed by atoms with Gasteiger partial charge in [0.1, 0.15) is 0 Å². The lowest BCUT2D eigenvalue weighted by Crippen LogP contribution is -2.52. The first-order chi connectivity index (χ1) is 13.8. The van der Waals surface area contributed by atoms with E-state index in [2.05, 4.69) is 15.2 Å². The number of guanidine groups is 1. The van der Waals surface area contributed by atoms with Crippen molar-refractivity contribution in [2.24, 2.45) is 10.9 Å². The van der Waals surface area contributed by atoms with E-state index >= 15 is 0 Å². The van der Waals surface area contributed by atoms with Crippen molar-refractivity contribution in [3.8, 4) is 0 Å². The van der Waals surface area contributed by atoms with Crippen LogP contribution in [0.1, 0.15) is 43.2 Å². The number of hydrogen-bond donors (Lipinski definition) is 1. The van der Waals surface area contributed by atoms with Crippen LogP contribution < -0.4 is 5.32 Å². The highest BCUT2D eigenvalue weighted by atomic mass is 19.4. The van der Waals surface area contributed by atoms with Gasteiger partial charge in [0.05, 0.1) is 18.6 Å². The zero-order valence-electron chi connectivity index (χ0n) is 16.9. The molecule has 1 aliphatic heterocycles. The van der Waals surface area contributed by atoms with Gasteiger partial charge in [-0.1, -0.05) is 24.6 Å². The third-order valence-electron chi connectivity index (χ3n) is 6.24. The highest BCUT2D eigenvalue weighted by Crippen LogP contribution is 2.44. The smallest absolute Gasteiger partial charge is 0.416 e. The van der Waals surface area contributed by atoms with Gasteiger partial charge in [0.25, 0.3) is 0 Å². The third kappa shape index (κ3) is 4.67. The molecule has 0 radical (unpaired) electrons. The number of aliphatic imine (C=N–C) groups is 1. The second-order valence-electron chi connectivity index (χ2n) is 7.90. The van der Waals surface area contributed by atoms with Crippen LogP contribution in [0.4, 0.5) is 13.2 Å². The molecule has 1 N–H and O–H groups in total. The van der Waals surface area contributed by atoms with Crippen LogP contribution in [0.15, 0.2) is 29.3 Å². The van der Waals surface area contributed by atoms with Crippen molar-refractivity contribution in [1.82, 2.24) is 10.2 Å². The first-order valence-electron chi connectivity index (χ1n) is 10.0. The monoisotopic (exact) mass is 411 g/mol. The van der Waals surface area contributed by atoms with Gasteiger partial charge in [-0.15, -0.1) is 0 Å². The van der Waals surface area contributed by atoms with Crippen molar-refractivity contribution in [3.05, 3.63) is 35.4 Å². The highest BCUT2D eigenvalue weighted by Gasteiger charge is 2.41. The predicted octanol–water partition coefficient (Wildman–Crippen LogP) is 3.59. The number of piperidine rings is 1. The summed E-state index contributed by atoms with van der Waals surface area (Å²) >= 11 is 0. The highest BCUT2D eigenvalue weighted by molar-refractivity contribution is 5.80. The molecule has 0 atom stereocenters. The minimum absolute atomic E-state index is 0.0857. The van der Waals surface area contributed by atoms with E-state index in [-0.39, 0.29) is 17.3 Å². The number of halogens is 3. The number of carbonyl (C=O) groups is 1. The average molecular weight is 411 g/mol. The number of likely N-dealkylation sites (tertiary alicyclic amines) is 1. The molecule has 2 fully saturated rings. The number of carbonyl (C=O) groups excluding carboxylic acids is 1. The van der Waals surface area contributed by atoms with Crippen molar-refractivity contribution in [1.29, 1.82) is 0 Å². The summed E-state index contributed by atoms with van der Waals surface area (Å²) in [5.41, 5.74) is -0.178. The Kier molecular flexibility index (Phi) is 6.39. The Morgan fingerprint density at radius 1 is 1.31 bits per heavy atom. The van der Waals surface area contributed by atoms with E-state index < -0.39 is 11.7 Å². The molecule has 0 unspecified atom stereocenters. The molecule has 1 aromatic rings. The summed E-state index contributed by atoms with van der Waals surface area (Å²) in [5, 5.41) is 3.38. The van der Waals surface area contributed by atoms with Gasteiger partial charge >= 0.3 is 12.1 Å². The summed E-state index contributed by atoms with van der Waals surface area (Å²) in [6.07, 6.45) is -0.237. The summed E-state index contributed by atoms with van der Waals surface area (Å²) < 4.78 is 44.2. The van der Waals surface area contributed by atoms with Crippen LogP contribution in [0.2, 0.25) is 0 Å². The number of nitrogens with zero attached hydrogens (tertiary/aromatic N) is 2. The van der Waals surface area contributed by atoms with E-state index in [1.165, 1.54) is 19.2 Å². The first kappa shape index (κ1) is 21.5. The van der Waals surface area contributed by atoms with Crippen LogP contribution in [0.5, 0.6) is 0 Å². The maximum atomic E-state index is 13.1. The quantitative estimate of drug-likeness (QED) is 0.467. The number of alkyl halides is 3. The SMILES string of the molecule is CN=C(NCC1(c2cccc(C(F)(F)F)c2)CCC1)N1CCC(C(=O)OC)CC1. The second kappa shape index (κ2) is 8.63. The number of ether oxygens (including phenoxy) is 1. The Morgan fingerprint density at radius 2 is 2.00 bits per heavy atom. The number of rotatable bonds is 4. The minimum atomic E-state index is -4.34. The Hall–Kier alpha value is -2.25. The molecule has 0 spiro atoms. The molecular weight excluding hydrogens is 383 g/mol. The van der Waals surface area contributed by atoms with E-state index in [4.69, 9.17) is 4.74 Å². The fourth-order valence-corrected chi connectivity index (χ4v) is 4.27. The lowest BCUT2D eigenvalue weighted by Gasteiger charge is -2.44. The summed E-state index contributed by atoms with van der Waals surface area (Å²) in [5.74, 6) is 0.467. The van der Waals surface area contributed by atoms with Crippen molar-refractivity contribution in [3.63, 3.8) is 0 Å². The largest absolute Gasteiger partial charge is 0.469 e. The molecule has 0 aromatic heterocycles. The van der Waals surface area contributed by atoms with Crippen LogP contribution in [-0.4, -0.2) is 50.6 Å².